The summed E-state index contributed by atoms with van der Waals surface area (Å²) in [6.07, 6.45) is 2.25. The Bertz CT molecular complexity index is 633. The van der Waals surface area contributed by atoms with E-state index in [1.807, 2.05) is 13.8 Å². The quantitative estimate of drug-likeness (QED) is 0.795. The van der Waals surface area contributed by atoms with E-state index in [0.717, 1.165) is 12.7 Å². The average Bonchev–Trinajstić information content (AvgIpc) is 3.00. The summed E-state index contributed by atoms with van der Waals surface area (Å²) >= 11 is 6.11. The zero-order chi connectivity index (χ0) is 17.7. The van der Waals surface area contributed by atoms with Crippen molar-refractivity contribution >= 4 is 29.7 Å². The van der Waals surface area contributed by atoms with Gasteiger partial charge in [0.1, 0.15) is 12.0 Å². The van der Waals surface area contributed by atoms with Gasteiger partial charge in [-0.25, -0.2) is 0 Å². The fourth-order valence-electron chi connectivity index (χ4n) is 2.62. The van der Waals surface area contributed by atoms with Crippen LogP contribution in [0.1, 0.15) is 37.0 Å². The van der Waals surface area contributed by atoms with Crippen molar-refractivity contribution in [3.05, 3.63) is 28.8 Å². The van der Waals surface area contributed by atoms with Crippen LogP contribution in [0.2, 0.25) is 5.02 Å². The molecule has 1 N–H and O–H groups in total. The van der Waals surface area contributed by atoms with Crippen LogP contribution in [0.15, 0.2) is 18.2 Å². The first-order valence-electron chi connectivity index (χ1n) is 7.91. The molecular formula is C17H21ClN2O4. The molecule has 1 aromatic carbocycles. The molecule has 1 aromatic rings. The first kappa shape index (κ1) is 18.3. The molecule has 1 atom stereocenters. The molecule has 1 heterocycles. The highest BCUT2D eigenvalue weighted by Crippen LogP contribution is 2.23. The maximum atomic E-state index is 12.2. The van der Waals surface area contributed by atoms with Gasteiger partial charge in [-0.2, -0.15) is 0 Å². The minimum absolute atomic E-state index is 0.00425. The van der Waals surface area contributed by atoms with Gasteiger partial charge in [-0.1, -0.05) is 11.6 Å². The lowest BCUT2D eigenvalue weighted by atomic mass is 10.2. The molecule has 24 heavy (non-hydrogen) atoms. The Morgan fingerprint density at radius 1 is 1.46 bits per heavy atom. The molecule has 2 rings (SSSR count). The van der Waals surface area contributed by atoms with Crippen molar-refractivity contribution in [1.29, 1.82) is 0 Å². The van der Waals surface area contributed by atoms with E-state index in [1.165, 1.54) is 4.90 Å². The summed E-state index contributed by atoms with van der Waals surface area (Å²) in [5.74, 6) is -0.131. The molecule has 0 unspecified atom stereocenters. The maximum absolute atomic E-state index is 12.2. The Morgan fingerprint density at radius 2 is 2.21 bits per heavy atom. The lowest BCUT2D eigenvalue weighted by Crippen LogP contribution is -2.43. The lowest BCUT2D eigenvalue weighted by molar-refractivity contribution is -0.133. The standard InChI is InChI=1S/C17H21ClN2O4/c1-11(2)24-13-5-6-14(15(18)8-13)17(23)19-9-16(22)20-7-3-4-12(20)10-21/h5-6,8,10-12H,3-4,7,9H2,1-2H3,(H,19,23)/t12-/m0/s1. The van der Waals surface area contributed by atoms with E-state index in [4.69, 9.17) is 16.3 Å². The normalized spacial score (nSPS) is 17.0. The summed E-state index contributed by atoms with van der Waals surface area (Å²) in [6.45, 7) is 4.17. The summed E-state index contributed by atoms with van der Waals surface area (Å²) in [7, 11) is 0. The van der Waals surface area contributed by atoms with Crippen molar-refractivity contribution in [2.24, 2.45) is 0 Å². The number of benzene rings is 1. The average molecular weight is 353 g/mol. The van der Waals surface area contributed by atoms with E-state index in [-0.39, 0.29) is 35.2 Å². The molecule has 1 saturated heterocycles. The van der Waals surface area contributed by atoms with Gasteiger partial charge >= 0.3 is 0 Å². The zero-order valence-corrected chi connectivity index (χ0v) is 14.5. The molecule has 1 aliphatic rings. The Morgan fingerprint density at radius 3 is 2.83 bits per heavy atom. The first-order chi connectivity index (χ1) is 11.4. The Hall–Kier alpha value is -2.08. The molecule has 0 saturated carbocycles. The number of aldehydes is 1. The van der Waals surface area contributed by atoms with Gasteiger partial charge in [0, 0.05) is 6.54 Å². The van der Waals surface area contributed by atoms with E-state index >= 15 is 0 Å². The minimum atomic E-state index is -0.439. The van der Waals surface area contributed by atoms with Crippen LogP contribution < -0.4 is 10.1 Å². The van der Waals surface area contributed by atoms with E-state index in [2.05, 4.69) is 5.32 Å². The number of hydrogen-bond donors (Lipinski definition) is 1. The molecule has 2 amide bonds. The van der Waals surface area contributed by atoms with Crippen molar-refractivity contribution in [2.75, 3.05) is 13.1 Å². The number of carbonyl (C=O) groups excluding carboxylic acids is 3. The van der Waals surface area contributed by atoms with Gasteiger partial charge in [0.15, 0.2) is 0 Å². The highest BCUT2D eigenvalue weighted by Gasteiger charge is 2.28. The van der Waals surface area contributed by atoms with E-state index in [0.29, 0.717) is 18.7 Å². The third kappa shape index (κ3) is 4.47. The number of nitrogens with one attached hydrogen (secondary N) is 1. The largest absolute Gasteiger partial charge is 0.491 e. The number of nitrogens with zero attached hydrogens (tertiary/aromatic N) is 1. The topological polar surface area (TPSA) is 75.7 Å². The monoisotopic (exact) mass is 352 g/mol. The number of halogens is 1. The van der Waals surface area contributed by atoms with Gasteiger partial charge in [0.2, 0.25) is 5.91 Å². The van der Waals surface area contributed by atoms with Crippen molar-refractivity contribution < 1.29 is 19.1 Å². The summed E-state index contributed by atoms with van der Waals surface area (Å²) in [5.41, 5.74) is 0.272. The van der Waals surface area contributed by atoms with Crippen LogP contribution in [-0.2, 0) is 9.59 Å². The number of amides is 2. The van der Waals surface area contributed by atoms with E-state index in [9.17, 15) is 14.4 Å². The minimum Gasteiger partial charge on any atom is -0.491 e. The van der Waals surface area contributed by atoms with Crippen molar-refractivity contribution in [3.63, 3.8) is 0 Å². The summed E-state index contributed by atoms with van der Waals surface area (Å²) in [5, 5.41) is 2.80. The predicted molar refractivity (Wildman–Crippen MR) is 90.3 cm³/mol. The molecule has 130 valence electrons. The molecular weight excluding hydrogens is 332 g/mol. The first-order valence-corrected chi connectivity index (χ1v) is 8.29. The molecule has 6 nitrogen and oxygen atoms in total. The summed E-state index contributed by atoms with van der Waals surface area (Å²) < 4.78 is 5.51. The van der Waals surface area contributed by atoms with Gasteiger partial charge in [-0.3, -0.25) is 9.59 Å². The highest BCUT2D eigenvalue weighted by molar-refractivity contribution is 6.34. The fraction of sp³-hybridized carbons (Fsp3) is 0.471. The number of rotatable bonds is 6. The van der Waals surface area contributed by atoms with Crippen LogP contribution in [0.4, 0.5) is 0 Å². The summed E-state index contributed by atoms with van der Waals surface area (Å²) in [6, 6.07) is 4.40. The van der Waals surface area contributed by atoms with Crippen molar-refractivity contribution in [1.82, 2.24) is 10.2 Å². The third-order valence-electron chi connectivity index (χ3n) is 3.73. The molecule has 0 bridgehead atoms. The van der Waals surface area contributed by atoms with E-state index in [1.54, 1.807) is 18.2 Å². The molecule has 7 heteroatoms. The van der Waals surface area contributed by atoms with Crippen LogP contribution in [0.25, 0.3) is 0 Å². The van der Waals surface area contributed by atoms with Gasteiger partial charge in [-0.15, -0.1) is 0 Å². The smallest absolute Gasteiger partial charge is 0.253 e. The van der Waals surface area contributed by atoms with Crippen molar-refractivity contribution in [3.8, 4) is 5.75 Å². The second-order valence-electron chi connectivity index (χ2n) is 5.92. The molecule has 1 fully saturated rings. The lowest BCUT2D eigenvalue weighted by Gasteiger charge is -2.20. The fourth-order valence-corrected chi connectivity index (χ4v) is 2.88. The second-order valence-corrected chi connectivity index (χ2v) is 6.33. The van der Waals surface area contributed by atoms with E-state index < -0.39 is 5.91 Å². The van der Waals surface area contributed by atoms with Crippen LogP contribution in [0, 0.1) is 0 Å². The van der Waals surface area contributed by atoms with Crippen LogP contribution in [-0.4, -0.2) is 48.2 Å². The maximum Gasteiger partial charge on any atom is 0.253 e. The van der Waals surface area contributed by atoms with Crippen LogP contribution in [0.5, 0.6) is 5.75 Å². The molecule has 0 spiro atoms. The van der Waals surface area contributed by atoms with Crippen LogP contribution in [0.3, 0.4) is 0 Å². The van der Waals surface area contributed by atoms with Gasteiger partial charge < -0.3 is 19.7 Å². The Labute approximate surface area is 146 Å². The van der Waals surface area contributed by atoms with Crippen LogP contribution >= 0.6 is 11.6 Å². The van der Waals surface area contributed by atoms with Gasteiger partial charge in [0.25, 0.3) is 5.91 Å². The number of carbonyl (C=O) groups is 3. The molecule has 1 aliphatic heterocycles. The Balaban J connectivity index is 1.95. The SMILES string of the molecule is CC(C)Oc1ccc(C(=O)NCC(=O)N2CCC[C@H]2C=O)c(Cl)c1. The van der Waals surface area contributed by atoms with Gasteiger partial charge in [-0.05, 0) is 44.9 Å². The summed E-state index contributed by atoms with van der Waals surface area (Å²) in [4.78, 5) is 36.7. The third-order valence-corrected chi connectivity index (χ3v) is 4.05. The second kappa shape index (κ2) is 8.15. The highest BCUT2D eigenvalue weighted by atomic mass is 35.5. The molecule has 0 aromatic heterocycles. The number of hydrogen-bond acceptors (Lipinski definition) is 4. The van der Waals surface area contributed by atoms with Gasteiger partial charge in [0.05, 0.1) is 29.3 Å². The van der Waals surface area contributed by atoms with Crippen molar-refractivity contribution in [2.45, 2.75) is 38.8 Å². The molecule has 0 radical (unpaired) electrons. The Kier molecular flexibility index (Phi) is 6.20. The zero-order valence-electron chi connectivity index (χ0n) is 13.8. The predicted octanol–water partition coefficient (Wildman–Crippen LogP) is 2.05. The number of likely N-dealkylation sites (tertiary alicyclic amines) is 1. The number of ether oxygens (including phenoxy) is 1. The molecule has 0 aliphatic carbocycles.